The van der Waals surface area contributed by atoms with Gasteiger partial charge in [-0.15, -0.1) is 0 Å². The van der Waals surface area contributed by atoms with Gasteiger partial charge in [0.25, 0.3) is 0 Å². The Morgan fingerprint density at radius 3 is 2.43 bits per heavy atom. The first kappa shape index (κ1) is 33.0. The zero-order chi connectivity index (χ0) is 33.1. The lowest BCUT2D eigenvalue weighted by atomic mass is 9.87. The fourth-order valence-corrected chi connectivity index (χ4v) is 5.29. The number of hydrogen-bond donors (Lipinski definition) is 0. The van der Waals surface area contributed by atoms with Crippen LogP contribution in [0.1, 0.15) is 61.1 Å². The number of carbonyl (C=O) groups is 1. The van der Waals surface area contributed by atoms with Gasteiger partial charge in [0.05, 0.1) is 24.2 Å². The first-order chi connectivity index (χ1) is 21.8. The maximum atomic E-state index is 13.2. The molecule has 0 atom stereocenters. The normalized spacial score (nSPS) is 14.7. The van der Waals surface area contributed by atoms with Crippen molar-refractivity contribution >= 4 is 5.91 Å². The van der Waals surface area contributed by atoms with Crippen LogP contribution >= 0.6 is 0 Å². The van der Waals surface area contributed by atoms with Crippen molar-refractivity contribution in [1.82, 2.24) is 14.8 Å². The molecule has 0 aliphatic carbocycles. The van der Waals surface area contributed by atoms with E-state index in [1.165, 1.54) is 30.0 Å². The van der Waals surface area contributed by atoms with Crippen LogP contribution in [-0.2, 0) is 36.0 Å². The summed E-state index contributed by atoms with van der Waals surface area (Å²) in [5.41, 5.74) is 1.76. The molecule has 3 heterocycles. The predicted octanol–water partition coefficient (Wildman–Crippen LogP) is 6.78. The quantitative estimate of drug-likeness (QED) is 0.211. The topological polar surface area (TPSA) is 89.0 Å². The van der Waals surface area contributed by atoms with E-state index < -0.39 is 11.7 Å². The van der Waals surface area contributed by atoms with Gasteiger partial charge in [-0.1, -0.05) is 51.1 Å². The lowest BCUT2D eigenvalue weighted by molar-refractivity contribution is -0.137. The summed E-state index contributed by atoms with van der Waals surface area (Å²) in [5, 5.41) is 0. The fourth-order valence-electron chi connectivity index (χ4n) is 5.29. The Morgan fingerprint density at radius 2 is 1.74 bits per heavy atom. The smallest absolute Gasteiger partial charge is 0.416 e. The van der Waals surface area contributed by atoms with Gasteiger partial charge in [0.15, 0.2) is 0 Å². The van der Waals surface area contributed by atoms with Crippen LogP contribution in [0, 0.1) is 6.92 Å². The number of halogens is 3. The fraction of sp³-hybridized carbons (Fsp3) is 0.400. The van der Waals surface area contributed by atoms with Gasteiger partial charge in [0, 0.05) is 37.8 Å². The summed E-state index contributed by atoms with van der Waals surface area (Å²) in [4.78, 5) is 34.1. The van der Waals surface area contributed by atoms with Crippen molar-refractivity contribution in [2.45, 2.75) is 65.3 Å². The third kappa shape index (κ3) is 8.25. The summed E-state index contributed by atoms with van der Waals surface area (Å²) in [7, 11) is 0. The van der Waals surface area contributed by atoms with Gasteiger partial charge in [-0.25, -0.2) is 4.98 Å². The summed E-state index contributed by atoms with van der Waals surface area (Å²) in [5.74, 6) is 0.941. The summed E-state index contributed by atoms with van der Waals surface area (Å²) in [6.07, 6.45) is -2.44. The minimum atomic E-state index is -4.49. The van der Waals surface area contributed by atoms with Gasteiger partial charge >= 0.3 is 6.18 Å². The van der Waals surface area contributed by atoms with E-state index in [1.807, 2.05) is 12.1 Å². The minimum absolute atomic E-state index is 0.0225. The molecule has 2 aromatic carbocycles. The van der Waals surface area contributed by atoms with Crippen LogP contribution in [0.3, 0.4) is 0 Å². The monoisotopic (exact) mass is 637 g/mol. The molecule has 5 rings (SSSR count). The number of amides is 1. The number of aryl methyl sites for hydroxylation is 1. The van der Waals surface area contributed by atoms with Crippen molar-refractivity contribution in [2.24, 2.45) is 0 Å². The van der Waals surface area contributed by atoms with Gasteiger partial charge < -0.3 is 18.5 Å². The Morgan fingerprint density at radius 1 is 0.978 bits per heavy atom. The van der Waals surface area contributed by atoms with Crippen LogP contribution in [0.2, 0.25) is 0 Å². The van der Waals surface area contributed by atoms with E-state index in [1.54, 1.807) is 11.8 Å². The second-order valence-corrected chi connectivity index (χ2v) is 12.6. The van der Waals surface area contributed by atoms with Crippen LogP contribution < -0.4 is 10.2 Å². The van der Waals surface area contributed by atoms with E-state index >= 15 is 0 Å². The van der Waals surface area contributed by atoms with E-state index in [4.69, 9.17) is 13.6 Å². The van der Waals surface area contributed by atoms with Crippen LogP contribution in [0.15, 0.2) is 74.5 Å². The number of benzene rings is 2. The maximum Gasteiger partial charge on any atom is 0.416 e. The molecular weight excluding hydrogens is 599 g/mol. The average Bonchev–Trinajstić information content (AvgIpc) is 3.20. The Bertz CT molecular complexity index is 1720. The minimum Gasteiger partial charge on any atom is -0.482 e. The molecule has 1 fully saturated rings. The SMILES string of the molecule is Cc1oc(-c2cccc(C(F)(F)F)c2)nc1CC(=O)N1CCCN(Cc2cc(=O)c(OCc3ccc(C(C)(C)C)cc3)co2)CC1. The molecule has 1 aliphatic rings. The van der Waals surface area contributed by atoms with Gasteiger partial charge in [0.2, 0.25) is 23.0 Å². The third-order valence-corrected chi connectivity index (χ3v) is 8.04. The zero-order valence-electron chi connectivity index (χ0n) is 26.4. The summed E-state index contributed by atoms with van der Waals surface area (Å²) >= 11 is 0. The van der Waals surface area contributed by atoms with Crippen molar-refractivity contribution in [3.05, 3.63) is 105 Å². The highest BCUT2D eigenvalue weighted by atomic mass is 19.4. The number of aromatic nitrogens is 1. The molecular formula is C35H38F3N3O5. The Labute approximate surface area is 265 Å². The van der Waals surface area contributed by atoms with Crippen molar-refractivity contribution < 1.29 is 31.5 Å². The Balaban J connectivity index is 1.13. The van der Waals surface area contributed by atoms with Gasteiger partial charge in [-0.05, 0) is 48.1 Å². The average molecular weight is 638 g/mol. The molecule has 1 amide bonds. The molecule has 1 saturated heterocycles. The van der Waals surface area contributed by atoms with E-state index in [9.17, 15) is 22.8 Å². The molecule has 0 saturated carbocycles. The molecule has 0 spiro atoms. The largest absolute Gasteiger partial charge is 0.482 e. The number of nitrogens with zero attached hydrogens (tertiary/aromatic N) is 3. The molecule has 0 N–H and O–H groups in total. The van der Waals surface area contributed by atoms with Gasteiger partial charge in [-0.3, -0.25) is 14.5 Å². The lowest BCUT2D eigenvalue weighted by Crippen LogP contribution is -2.36. The highest BCUT2D eigenvalue weighted by Crippen LogP contribution is 2.32. The molecule has 1 aliphatic heterocycles. The first-order valence-electron chi connectivity index (χ1n) is 15.2. The van der Waals surface area contributed by atoms with E-state index in [-0.39, 0.29) is 47.0 Å². The highest BCUT2D eigenvalue weighted by molar-refractivity contribution is 5.78. The van der Waals surface area contributed by atoms with Crippen molar-refractivity contribution in [1.29, 1.82) is 0 Å². The van der Waals surface area contributed by atoms with Crippen LogP contribution in [0.5, 0.6) is 5.75 Å². The van der Waals surface area contributed by atoms with Crippen molar-refractivity contribution in [3.63, 3.8) is 0 Å². The number of alkyl halides is 3. The second-order valence-electron chi connectivity index (χ2n) is 12.6. The molecule has 11 heteroatoms. The van der Waals surface area contributed by atoms with E-state index in [2.05, 4.69) is 42.8 Å². The van der Waals surface area contributed by atoms with Gasteiger partial charge in [0.1, 0.15) is 24.4 Å². The second kappa shape index (κ2) is 13.5. The summed E-state index contributed by atoms with van der Waals surface area (Å²) in [6, 6.07) is 14.3. The molecule has 2 aromatic heterocycles. The van der Waals surface area contributed by atoms with E-state index in [0.29, 0.717) is 49.9 Å². The maximum absolute atomic E-state index is 13.2. The lowest BCUT2D eigenvalue weighted by Gasteiger charge is -2.21. The van der Waals surface area contributed by atoms with Crippen molar-refractivity contribution in [2.75, 3.05) is 26.2 Å². The summed E-state index contributed by atoms with van der Waals surface area (Å²) < 4.78 is 56.6. The first-order valence-corrected chi connectivity index (χ1v) is 15.2. The number of oxazole rings is 1. The zero-order valence-corrected chi connectivity index (χ0v) is 26.4. The molecule has 46 heavy (non-hydrogen) atoms. The van der Waals surface area contributed by atoms with Crippen LogP contribution in [-0.4, -0.2) is 46.9 Å². The summed E-state index contributed by atoms with van der Waals surface area (Å²) in [6.45, 7) is 11.1. The number of rotatable bonds is 8. The molecule has 0 radical (unpaired) electrons. The van der Waals surface area contributed by atoms with E-state index in [0.717, 1.165) is 24.1 Å². The molecule has 8 nitrogen and oxygen atoms in total. The molecule has 0 unspecified atom stereocenters. The third-order valence-electron chi connectivity index (χ3n) is 8.04. The Kier molecular flexibility index (Phi) is 9.71. The number of hydrogen-bond acceptors (Lipinski definition) is 7. The van der Waals surface area contributed by atoms with Crippen molar-refractivity contribution in [3.8, 4) is 17.2 Å². The van der Waals surface area contributed by atoms with Crippen LogP contribution in [0.25, 0.3) is 11.5 Å². The number of carbonyl (C=O) groups excluding carboxylic acids is 1. The predicted molar refractivity (Wildman–Crippen MR) is 166 cm³/mol. The molecule has 4 aromatic rings. The standard InChI is InChI=1S/C35H38F3N3O5/c1-23-29(39-33(46-23)25-7-5-8-27(17-25)35(36,37)38)19-32(43)41-14-6-13-40(15-16-41)20-28-18-30(42)31(22-44-28)45-21-24-9-11-26(12-10-24)34(2,3)4/h5,7-12,17-18,22H,6,13-16,19-21H2,1-4H3. The molecule has 244 valence electrons. The molecule has 0 bridgehead atoms. The number of ether oxygens (including phenoxy) is 1. The van der Waals surface area contributed by atoms with Crippen LogP contribution in [0.4, 0.5) is 13.2 Å². The highest BCUT2D eigenvalue weighted by Gasteiger charge is 2.31. The van der Waals surface area contributed by atoms with Gasteiger partial charge in [-0.2, -0.15) is 13.2 Å². The Hall–Kier alpha value is -4.38.